The quantitative estimate of drug-likeness (QED) is 0.922. The van der Waals surface area contributed by atoms with Crippen molar-refractivity contribution in [2.24, 2.45) is 0 Å². The molecule has 0 spiro atoms. The van der Waals surface area contributed by atoms with Gasteiger partial charge in [0.1, 0.15) is 5.75 Å². The number of hydrogen-bond acceptors (Lipinski definition) is 3. The average molecular weight is 275 g/mol. The number of nitrogens with one attached hydrogen (secondary N) is 1. The predicted octanol–water partition coefficient (Wildman–Crippen LogP) is 2.59. The molecule has 0 aromatic heterocycles. The summed E-state index contributed by atoms with van der Waals surface area (Å²) >= 11 is 0. The Morgan fingerprint density at radius 2 is 2.05 bits per heavy atom. The molecule has 2 aliphatic heterocycles. The van der Waals surface area contributed by atoms with Crippen LogP contribution in [-0.2, 0) is 9.53 Å². The number of amides is 1. The molecule has 1 amide bonds. The molecule has 1 N–H and O–H groups in total. The molecule has 1 aromatic carbocycles. The predicted molar refractivity (Wildman–Crippen MR) is 75.6 cm³/mol. The monoisotopic (exact) mass is 275 g/mol. The summed E-state index contributed by atoms with van der Waals surface area (Å²) in [6.07, 6.45) is 4.52. The van der Waals surface area contributed by atoms with Crippen molar-refractivity contribution in [2.45, 2.75) is 44.2 Å². The third-order valence-corrected chi connectivity index (χ3v) is 3.96. The first kappa shape index (κ1) is 13.4. The number of carbonyl (C=O) groups is 1. The number of rotatable bonds is 3. The standard InChI is InChI=1S/C16H21NO3/c18-16(11-12-5-3-9-19-12)17-14-7-4-10-20-15-8-2-1-6-13(14)15/h1-2,6,8,12,14H,3-5,7,9-11H2,(H,17,18). The Bertz CT molecular complexity index is 469. The lowest BCUT2D eigenvalue weighted by atomic mass is 10.0. The summed E-state index contributed by atoms with van der Waals surface area (Å²) in [6, 6.07) is 8.03. The van der Waals surface area contributed by atoms with Crippen molar-refractivity contribution < 1.29 is 14.3 Å². The Balaban J connectivity index is 1.65. The molecule has 0 radical (unpaired) electrons. The third-order valence-electron chi connectivity index (χ3n) is 3.96. The smallest absolute Gasteiger partial charge is 0.223 e. The Kier molecular flexibility index (Phi) is 4.21. The molecule has 2 unspecified atom stereocenters. The first-order valence-electron chi connectivity index (χ1n) is 7.45. The average Bonchev–Trinajstić information content (AvgIpc) is 2.87. The molecular weight excluding hydrogens is 254 g/mol. The van der Waals surface area contributed by atoms with Gasteiger partial charge < -0.3 is 14.8 Å². The SMILES string of the molecule is O=C(CC1CCCO1)NC1CCCOc2ccccc21. The Morgan fingerprint density at radius 1 is 1.20 bits per heavy atom. The van der Waals surface area contributed by atoms with Crippen LogP contribution in [0.5, 0.6) is 5.75 Å². The zero-order valence-corrected chi connectivity index (χ0v) is 11.6. The van der Waals surface area contributed by atoms with Crippen LogP contribution in [0.1, 0.15) is 43.7 Å². The summed E-state index contributed by atoms with van der Waals surface area (Å²) in [5.41, 5.74) is 1.09. The van der Waals surface area contributed by atoms with Crippen molar-refractivity contribution in [3.8, 4) is 5.75 Å². The molecule has 0 saturated carbocycles. The van der Waals surface area contributed by atoms with Gasteiger partial charge >= 0.3 is 0 Å². The molecular formula is C16H21NO3. The molecule has 20 heavy (non-hydrogen) atoms. The molecule has 2 aliphatic rings. The second-order valence-corrected chi connectivity index (χ2v) is 5.49. The molecule has 4 heteroatoms. The molecule has 1 saturated heterocycles. The molecule has 108 valence electrons. The van der Waals surface area contributed by atoms with Crippen molar-refractivity contribution in [2.75, 3.05) is 13.2 Å². The zero-order valence-electron chi connectivity index (χ0n) is 11.6. The van der Waals surface area contributed by atoms with Gasteiger partial charge in [-0.05, 0) is 31.7 Å². The van der Waals surface area contributed by atoms with Gasteiger partial charge in [0.05, 0.1) is 25.2 Å². The van der Waals surface area contributed by atoms with E-state index >= 15 is 0 Å². The Hall–Kier alpha value is -1.55. The van der Waals surface area contributed by atoms with Crippen LogP contribution in [0.3, 0.4) is 0 Å². The van der Waals surface area contributed by atoms with Gasteiger partial charge in [0.15, 0.2) is 0 Å². The van der Waals surface area contributed by atoms with Crippen LogP contribution in [0.25, 0.3) is 0 Å². The Morgan fingerprint density at radius 3 is 2.90 bits per heavy atom. The fraction of sp³-hybridized carbons (Fsp3) is 0.562. The van der Waals surface area contributed by atoms with Gasteiger partial charge in [-0.3, -0.25) is 4.79 Å². The molecule has 1 fully saturated rings. The zero-order chi connectivity index (χ0) is 13.8. The highest BCUT2D eigenvalue weighted by atomic mass is 16.5. The first-order valence-corrected chi connectivity index (χ1v) is 7.45. The number of hydrogen-bond donors (Lipinski definition) is 1. The fourth-order valence-electron chi connectivity index (χ4n) is 2.94. The summed E-state index contributed by atoms with van der Waals surface area (Å²) in [5, 5.41) is 3.14. The van der Waals surface area contributed by atoms with Gasteiger partial charge in [0.2, 0.25) is 5.91 Å². The van der Waals surface area contributed by atoms with E-state index in [9.17, 15) is 4.79 Å². The summed E-state index contributed by atoms with van der Waals surface area (Å²) in [7, 11) is 0. The fourth-order valence-corrected chi connectivity index (χ4v) is 2.94. The summed E-state index contributed by atoms with van der Waals surface area (Å²) in [6.45, 7) is 1.51. The normalized spacial score (nSPS) is 25.4. The van der Waals surface area contributed by atoms with Crippen molar-refractivity contribution >= 4 is 5.91 Å². The second kappa shape index (κ2) is 6.27. The van der Waals surface area contributed by atoms with E-state index in [1.165, 1.54) is 0 Å². The minimum absolute atomic E-state index is 0.0580. The van der Waals surface area contributed by atoms with Gasteiger partial charge in [-0.15, -0.1) is 0 Å². The minimum Gasteiger partial charge on any atom is -0.493 e. The lowest BCUT2D eigenvalue weighted by Crippen LogP contribution is -2.31. The van der Waals surface area contributed by atoms with Gasteiger partial charge in [-0.25, -0.2) is 0 Å². The van der Waals surface area contributed by atoms with Gasteiger partial charge in [-0.2, -0.15) is 0 Å². The molecule has 3 rings (SSSR count). The first-order chi connectivity index (χ1) is 9.83. The largest absolute Gasteiger partial charge is 0.493 e. The van der Waals surface area contributed by atoms with Gasteiger partial charge in [-0.1, -0.05) is 18.2 Å². The van der Waals surface area contributed by atoms with Crippen LogP contribution < -0.4 is 10.1 Å². The van der Waals surface area contributed by atoms with E-state index in [1.54, 1.807) is 0 Å². The maximum absolute atomic E-state index is 12.2. The molecule has 1 aromatic rings. The summed E-state index contributed by atoms with van der Waals surface area (Å²) in [5.74, 6) is 0.978. The van der Waals surface area contributed by atoms with Crippen LogP contribution >= 0.6 is 0 Å². The van der Waals surface area contributed by atoms with Crippen molar-refractivity contribution in [1.29, 1.82) is 0 Å². The maximum atomic E-state index is 12.2. The van der Waals surface area contributed by atoms with Crippen LogP contribution in [0.2, 0.25) is 0 Å². The van der Waals surface area contributed by atoms with E-state index in [0.717, 1.165) is 50.2 Å². The Labute approximate surface area is 119 Å². The number of para-hydroxylation sites is 1. The van der Waals surface area contributed by atoms with E-state index in [1.807, 2.05) is 24.3 Å². The number of ether oxygens (including phenoxy) is 2. The van der Waals surface area contributed by atoms with E-state index in [0.29, 0.717) is 6.42 Å². The van der Waals surface area contributed by atoms with E-state index in [2.05, 4.69) is 5.32 Å². The topological polar surface area (TPSA) is 47.6 Å². The number of benzene rings is 1. The van der Waals surface area contributed by atoms with E-state index in [4.69, 9.17) is 9.47 Å². The van der Waals surface area contributed by atoms with E-state index < -0.39 is 0 Å². The number of carbonyl (C=O) groups excluding carboxylic acids is 1. The molecule has 0 aliphatic carbocycles. The lowest BCUT2D eigenvalue weighted by molar-refractivity contribution is -0.124. The van der Waals surface area contributed by atoms with Gasteiger partial charge in [0, 0.05) is 12.2 Å². The van der Waals surface area contributed by atoms with Crippen LogP contribution in [-0.4, -0.2) is 25.2 Å². The summed E-state index contributed by atoms with van der Waals surface area (Å²) in [4.78, 5) is 12.2. The maximum Gasteiger partial charge on any atom is 0.223 e. The summed E-state index contributed by atoms with van der Waals surface area (Å²) < 4.78 is 11.2. The van der Waals surface area contributed by atoms with Crippen molar-refractivity contribution in [3.05, 3.63) is 29.8 Å². The van der Waals surface area contributed by atoms with Gasteiger partial charge in [0.25, 0.3) is 0 Å². The minimum atomic E-state index is 0.0580. The highest BCUT2D eigenvalue weighted by Gasteiger charge is 2.24. The van der Waals surface area contributed by atoms with E-state index in [-0.39, 0.29) is 18.1 Å². The van der Waals surface area contributed by atoms with Crippen LogP contribution in [0.15, 0.2) is 24.3 Å². The highest BCUT2D eigenvalue weighted by Crippen LogP contribution is 2.31. The third kappa shape index (κ3) is 3.12. The molecule has 4 nitrogen and oxygen atoms in total. The molecule has 2 heterocycles. The highest BCUT2D eigenvalue weighted by molar-refractivity contribution is 5.77. The lowest BCUT2D eigenvalue weighted by Gasteiger charge is -2.19. The second-order valence-electron chi connectivity index (χ2n) is 5.49. The van der Waals surface area contributed by atoms with Crippen molar-refractivity contribution in [1.82, 2.24) is 5.32 Å². The molecule has 2 atom stereocenters. The van der Waals surface area contributed by atoms with Crippen LogP contribution in [0.4, 0.5) is 0 Å². The van der Waals surface area contributed by atoms with Crippen molar-refractivity contribution in [3.63, 3.8) is 0 Å². The number of fused-ring (bicyclic) bond motifs is 1. The van der Waals surface area contributed by atoms with Crippen LogP contribution in [0, 0.1) is 0 Å². The molecule has 0 bridgehead atoms.